The Hall–Kier alpha value is -4.58. The van der Waals surface area contributed by atoms with Gasteiger partial charge in [-0.15, -0.1) is 0 Å². The molecule has 33 heavy (non-hydrogen) atoms. The van der Waals surface area contributed by atoms with E-state index in [0.717, 1.165) is 23.4 Å². The molecule has 3 aromatic rings. The van der Waals surface area contributed by atoms with Crippen LogP contribution < -0.4 is 16.5 Å². The van der Waals surface area contributed by atoms with Crippen LogP contribution in [0.15, 0.2) is 60.5 Å². The molecular weight excluding hydrogens is 436 g/mol. The van der Waals surface area contributed by atoms with Crippen LogP contribution in [0.3, 0.4) is 0 Å². The first kappa shape index (κ1) is 20.3. The van der Waals surface area contributed by atoms with E-state index in [4.69, 9.17) is 10.7 Å². The largest absolute Gasteiger partial charge is 0.366 e. The van der Waals surface area contributed by atoms with E-state index < -0.39 is 34.5 Å². The van der Waals surface area contributed by atoms with Crippen LogP contribution in [0.1, 0.15) is 26.3 Å². The summed E-state index contributed by atoms with van der Waals surface area (Å²) >= 11 is 0. The fourth-order valence-electron chi connectivity index (χ4n) is 3.54. The van der Waals surface area contributed by atoms with Gasteiger partial charge in [-0.05, 0) is 29.9 Å². The molecule has 166 valence electrons. The molecule has 12 heteroatoms. The summed E-state index contributed by atoms with van der Waals surface area (Å²) in [6.45, 7) is 0.326. The topological polar surface area (TPSA) is 138 Å². The number of hydrogen-bond donors (Lipinski definition) is 4. The van der Waals surface area contributed by atoms with Crippen molar-refractivity contribution >= 4 is 28.5 Å². The molecule has 5 rings (SSSR count). The molecule has 0 saturated heterocycles. The Balaban J connectivity index is 1.50. The first-order valence-electron chi connectivity index (χ1n) is 9.63. The zero-order valence-corrected chi connectivity index (χ0v) is 16.7. The van der Waals surface area contributed by atoms with Crippen molar-refractivity contribution in [3.8, 4) is 0 Å². The molecule has 0 atom stereocenters. The van der Waals surface area contributed by atoms with E-state index in [1.807, 2.05) is 12.2 Å². The maximum atomic E-state index is 14.8. The molecule has 2 aromatic heterocycles. The molecule has 1 aromatic carbocycles. The number of aromatic amines is 1. The van der Waals surface area contributed by atoms with Gasteiger partial charge in [0.2, 0.25) is 5.78 Å². The molecule has 10 nitrogen and oxygen atoms in total. The lowest BCUT2D eigenvalue weighted by Crippen LogP contribution is -2.18. The van der Waals surface area contributed by atoms with Crippen LogP contribution >= 0.6 is 0 Å². The van der Waals surface area contributed by atoms with E-state index in [9.17, 15) is 18.4 Å². The number of carbonyl (C=O) groups excluding carboxylic acids is 2. The molecule has 0 saturated carbocycles. The van der Waals surface area contributed by atoms with Crippen molar-refractivity contribution in [2.75, 3.05) is 11.9 Å². The van der Waals surface area contributed by atoms with Crippen LogP contribution in [-0.2, 0) is 4.94 Å². The number of nitrogens with zero attached hydrogens (tertiary/aromatic N) is 3. The van der Waals surface area contributed by atoms with Crippen LogP contribution in [0, 0.1) is 11.6 Å². The summed E-state index contributed by atoms with van der Waals surface area (Å²) in [5.41, 5.74) is 8.18. The van der Waals surface area contributed by atoms with E-state index in [-0.39, 0.29) is 22.4 Å². The minimum absolute atomic E-state index is 0.0667. The normalized spacial score (nSPS) is 14.5. The summed E-state index contributed by atoms with van der Waals surface area (Å²) in [7, 11) is 0. The second-order valence-corrected chi connectivity index (χ2v) is 7.12. The maximum absolute atomic E-state index is 14.8. The molecule has 0 unspecified atom stereocenters. The summed E-state index contributed by atoms with van der Waals surface area (Å²) in [6.07, 6.45) is 9.66. The molecule has 2 aliphatic rings. The summed E-state index contributed by atoms with van der Waals surface area (Å²) in [5, 5.41) is 4.91. The molecule has 2 aliphatic heterocycles. The summed E-state index contributed by atoms with van der Waals surface area (Å²) < 4.78 is 29.2. The van der Waals surface area contributed by atoms with Gasteiger partial charge in [-0.1, -0.05) is 0 Å². The highest BCUT2D eigenvalue weighted by Crippen LogP contribution is 2.29. The lowest BCUT2D eigenvalue weighted by Gasteiger charge is -2.17. The third kappa shape index (κ3) is 3.47. The van der Waals surface area contributed by atoms with E-state index >= 15 is 0 Å². The summed E-state index contributed by atoms with van der Waals surface area (Å²) in [5.74, 6) is -4.26. The molecule has 0 spiro atoms. The minimum atomic E-state index is -1.32. The molecule has 0 fully saturated rings. The Morgan fingerprint density at radius 2 is 2.06 bits per heavy atom. The zero-order valence-electron chi connectivity index (χ0n) is 16.7. The highest BCUT2D eigenvalue weighted by molar-refractivity contribution is 6.18. The Kier molecular flexibility index (Phi) is 4.83. The zero-order chi connectivity index (χ0) is 23.1. The fourth-order valence-corrected chi connectivity index (χ4v) is 3.54. The van der Waals surface area contributed by atoms with E-state index in [2.05, 4.69) is 25.7 Å². The number of carbonyl (C=O) groups is 2. The number of aromatic nitrogens is 3. The summed E-state index contributed by atoms with van der Waals surface area (Å²) in [6, 6.07) is 1.71. The average Bonchev–Trinajstić information content (AvgIpc) is 3.44. The quantitative estimate of drug-likeness (QED) is 0.418. The molecule has 4 heterocycles. The first-order valence-corrected chi connectivity index (χ1v) is 9.63. The lowest BCUT2D eigenvalue weighted by molar-refractivity contribution is -0.112. The predicted molar refractivity (Wildman–Crippen MR) is 112 cm³/mol. The molecular formula is C21H15F2N7O3. The number of nitrogens with two attached hydrogens (primary N) is 1. The van der Waals surface area contributed by atoms with Crippen molar-refractivity contribution in [2.24, 2.45) is 5.73 Å². The maximum Gasteiger partial charge on any atom is 0.251 e. The number of fused-ring (bicyclic) bond motifs is 2. The number of H-pyrrole nitrogens is 1. The van der Waals surface area contributed by atoms with Crippen molar-refractivity contribution in [3.05, 3.63) is 88.8 Å². The minimum Gasteiger partial charge on any atom is -0.366 e. The smallest absolute Gasteiger partial charge is 0.251 e. The van der Waals surface area contributed by atoms with Crippen molar-refractivity contribution in [3.63, 3.8) is 0 Å². The molecule has 0 bridgehead atoms. The average molecular weight is 451 g/mol. The monoisotopic (exact) mass is 451 g/mol. The highest BCUT2D eigenvalue weighted by atomic mass is 19.1. The van der Waals surface area contributed by atoms with Gasteiger partial charge in [-0.3, -0.25) is 9.59 Å². The first-order chi connectivity index (χ1) is 15.9. The van der Waals surface area contributed by atoms with Crippen LogP contribution in [0.4, 0.5) is 14.6 Å². The van der Waals surface area contributed by atoms with Gasteiger partial charge >= 0.3 is 0 Å². The van der Waals surface area contributed by atoms with Crippen molar-refractivity contribution in [2.45, 2.75) is 0 Å². The standard InChI is InChI=1S/C21H15F2N7O3/c22-14-2-1-12(19(24)32)17(23)16(14)18(31)13-8-26-21-15(13)20(27-9-28-21)25-6-10-3-4-30-11(5-10)7-29-33-30/h1-5,7-9,29H,6H2,(H2,24,32)(H2,25,26,27,28). The number of hydroxylamine groups is 3. The Morgan fingerprint density at radius 1 is 1.21 bits per heavy atom. The Morgan fingerprint density at radius 3 is 2.88 bits per heavy atom. The number of anilines is 1. The number of ketones is 1. The van der Waals surface area contributed by atoms with E-state index in [1.54, 1.807) is 17.5 Å². The Bertz CT molecular complexity index is 1410. The number of allylic oxidation sites excluding steroid dienone is 1. The third-order valence-corrected chi connectivity index (χ3v) is 5.13. The van der Waals surface area contributed by atoms with Crippen molar-refractivity contribution < 1.29 is 23.3 Å². The Labute approximate surface area is 184 Å². The van der Waals surface area contributed by atoms with Gasteiger partial charge in [0, 0.05) is 18.9 Å². The van der Waals surface area contributed by atoms with Crippen LogP contribution in [0.5, 0.6) is 0 Å². The van der Waals surface area contributed by atoms with Gasteiger partial charge in [-0.2, -0.15) is 4.94 Å². The summed E-state index contributed by atoms with van der Waals surface area (Å²) in [4.78, 5) is 40.8. The van der Waals surface area contributed by atoms with Gasteiger partial charge in [0.05, 0.1) is 34.0 Å². The third-order valence-electron chi connectivity index (χ3n) is 5.13. The molecule has 5 N–H and O–H groups in total. The van der Waals surface area contributed by atoms with Crippen molar-refractivity contribution in [1.82, 2.24) is 25.5 Å². The second-order valence-electron chi connectivity index (χ2n) is 7.12. The van der Waals surface area contributed by atoms with E-state index in [1.165, 1.54) is 12.5 Å². The van der Waals surface area contributed by atoms with Crippen LogP contribution in [0.2, 0.25) is 0 Å². The number of benzene rings is 1. The predicted octanol–water partition coefficient (Wildman–Crippen LogP) is 2.02. The number of primary amides is 1. The van der Waals surface area contributed by atoms with Crippen LogP contribution in [0.25, 0.3) is 11.0 Å². The number of rotatable bonds is 6. The second kappa shape index (κ2) is 7.84. The van der Waals surface area contributed by atoms with Gasteiger partial charge in [0.1, 0.15) is 29.4 Å². The number of halogens is 2. The van der Waals surface area contributed by atoms with Gasteiger partial charge in [0.15, 0.2) is 0 Å². The molecule has 0 radical (unpaired) electrons. The van der Waals surface area contributed by atoms with Gasteiger partial charge < -0.3 is 16.0 Å². The fraction of sp³-hybridized carbons (Fsp3) is 0.0476. The van der Waals surface area contributed by atoms with Gasteiger partial charge in [0.25, 0.3) is 5.91 Å². The van der Waals surface area contributed by atoms with Crippen molar-refractivity contribution in [1.29, 1.82) is 0 Å². The number of nitrogens with one attached hydrogen (secondary N) is 3. The lowest BCUT2D eigenvalue weighted by atomic mass is 9.99. The van der Waals surface area contributed by atoms with Gasteiger partial charge in [-0.25, -0.2) is 29.3 Å². The number of hydrogen-bond acceptors (Lipinski definition) is 8. The molecule has 1 amide bonds. The molecule has 0 aliphatic carbocycles. The highest BCUT2D eigenvalue weighted by Gasteiger charge is 2.27. The number of amides is 1. The SMILES string of the molecule is NC(=O)c1ccc(F)c(C(=O)c2c[nH]c3ncnc(NCC4=CC5=CNON5C=C4)c23)c1F. The van der Waals surface area contributed by atoms with E-state index in [0.29, 0.717) is 6.54 Å². The van der Waals surface area contributed by atoms with Crippen LogP contribution in [-0.4, -0.2) is 38.3 Å².